The molecule has 0 aliphatic rings. The first-order chi connectivity index (χ1) is 9.95. The number of carboxylic acids is 1. The second-order valence-corrected chi connectivity index (χ2v) is 4.84. The summed E-state index contributed by atoms with van der Waals surface area (Å²) in [7, 11) is 0. The quantitative estimate of drug-likeness (QED) is 0.801. The number of rotatable bonds is 3. The highest BCUT2D eigenvalue weighted by Crippen LogP contribution is 2.22. The third-order valence-electron chi connectivity index (χ3n) is 2.42. The van der Waals surface area contributed by atoms with Gasteiger partial charge >= 0.3 is 12.0 Å². The van der Waals surface area contributed by atoms with E-state index in [1.165, 1.54) is 36.7 Å². The fraction of sp³-hybridized carbons (Fsp3) is 0. The van der Waals surface area contributed by atoms with Crippen LogP contribution in [0.15, 0.2) is 36.7 Å². The largest absolute Gasteiger partial charge is 0.478 e. The third kappa shape index (κ3) is 4.08. The molecule has 8 heteroatoms. The fourth-order valence-electron chi connectivity index (χ4n) is 1.59. The van der Waals surface area contributed by atoms with E-state index in [1.807, 2.05) is 0 Å². The van der Waals surface area contributed by atoms with Crippen LogP contribution in [-0.2, 0) is 0 Å². The van der Waals surface area contributed by atoms with Crippen LogP contribution < -0.4 is 10.6 Å². The first-order valence-corrected chi connectivity index (χ1v) is 6.42. The van der Waals surface area contributed by atoms with Crippen LogP contribution in [0.25, 0.3) is 0 Å². The summed E-state index contributed by atoms with van der Waals surface area (Å²) < 4.78 is 0. The highest BCUT2D eigenvalue weighted by atomic mass is 35.5. The summed E-state index contributed by atoms with van der Waals surface area (Å²) in [5.74, 6) is -1.17. The summed E-state index contributed by atoms with van der Waals surface area (Å²) in [6, 6.07) is 5.19. The van der Waals surface area contributed by atoms with E-state index >= 15 is 0 Å². The van der Waals surface area contributed by atoms with Crippen molar-refractivity contribution in [3.63, 3.8) is 0 Å². The topological polar surface area (TPSA) is 91.3 Å². The molecule has 108 valence electrons. The Hall–Kier alpha value is -2.31. The molecule has 0 unspecified atom stereocenters. The molecule has 2 aromatic rings. The van der Waals surface area contributed by atoms with E-state index in [1.54, 1.807) is 0 Å². The standard InChI is InChI=1S/C13H9Cl2N3O3/c14-7-3-8(15)5-9(4-7)17-13(21)18-11-6-16-2-1-10(11)12(19)20/h1-6H,(H,19,20)(H2,17,18,21). The molecule has 0 radical (unpaired) electrons. The number of nitrogens with zero attached hydrogens (tertiary/aromatic N) is 1. The van der Waals surface area contributed by atoms with Gasteiger partial charge in [-0.05, 0) is 24.3 Å². The number of pyridine rings is 1. The summed E-state index contributed by atoms with van der Waals surface area (Å²) in [6.45, 7) is 0. The Labute approximate surface area is 129 Å². The van der Waals surface area contributed by atoms with E-state index in [9.17, 15) is 9.59 Å². The van der Waals surface area contributed by atoms with Crippen molar-refractivity contribution in [3.05, 3.63) is 52.3 Å². The van der Waals surface area contributed by atoms with E-state index in [2.05, 4.69) is 15.6 Å². The van der Waals surface area contributed by atoms with Gasteiger partial charge in [0, 0.05) is 21.9 Å². The molecular formula is C13H9Cl2N3O3. The second kappa shape index (κ2) is 6.43. The van der Waals surface area contributed by atoms with Gasteiger partial charge in [0.2, 0.25) is 0 Å². The molecule has 0 saturated heterocycles. The minimum absolute atomic E-state index is 0.0655. The van der Waals surface area contributed by atoms with Crippen LogP contribution in [0.4, 0.5) is 16.2 Å². The first kappa shape index (κ1) is 15.1. The van der Waals surface area contributed by atoms with Crippen LogP contribution in [0.5, 0.6) is 0 Å². The Kier molecular flexibility index (Phi) is 4.62. The Balaban J connectivity index is 2.14. The van der Waals surface area contributed by atoms with Crippen LogP contribution in [0.1, 0.15) is 10.4 Å². The van der Waals surface area contributed by atoms with Crippen molar-refractivity contribution in [2.45, 2.75) is 0 Å². The maximum Gasteiger partial charge on any atom is 0.337 e. The molecule has 0 fully saturated rings. The monoisotopic (exact) mass is 325 g/mol. The van der Waals surface area contributed by atoms with Gasteiger partial charge in [0.05, 0.1) is 17.4 Å². The Morgan fingerprint density at radius 3 is 2.38 bits per heavy atom. The van der Waals surface area contributed by atoms with Gasteiger partial charge in [-0.1, -0.05) is 23.2 Å². The number of hydrogen-bond acceptors (Lipinski definition) is 3. The smallest absolute Gasteiger partial charge is 0.337 e. The van der Waals surface area contributed by atoms with Gasteiger partial charge < -0.3 is 15.7 Å². The molecule has 1 aromatic heterocycles. The first-order valence-electron chi connectivity index (χ1n) is 5.67. The van der Waals surface area contributed by atoms with Crippen LogP contribution in [0.3, 0.4) is 0 Å². The predicted molar refractivity (Wildman–Crippen MR) is 80.3 cm³/mol. The van der Waals surface area contributed by atoms with Crippen LogP contribution in [0.2, 0.25) is 10.0 Å². The molecule has 0 atom stereocenters. The lowest BCUT2D eigenvalue weighted by atomic mass is 10.2. The zero-order chi connectivity index (χ0) is 15.4. The van der Waals surface area contributed by atoms with Crippen LogP contribution in [0, 0.1) is 0 Å². The van der Waals surface area contributed by atoms with E-state index in [0.29, 0.717) is 15.7 Å². The molecule has 0 saturated carbocycles. The van der Waals surface area contributed by atoms with Gasteiger partial charge in [-0.2, -0.15) is 0 Å². The van der Waals surface area contributed by atoms with Crippen molar-refractivity contribution in [1.29, 1.82) is 0 Å². The van der Waals surface area contributed by atoms with Gasteiger partial charge in [0.25, 0.3) is 0 Å². The molecule has 6 nitrogen and oxygen atoms in total. The summed E-state index contributed by atoms with van der Waals surface area (Å²) >= 11 is 11.6. The number of carbonyl (C=O) groups excluding carboxylic acids is 1. The normalized spacial score (nSPS) is 10.0. The lowest BCUT2D eigenvalue weighted by Gasteiger charge is -2.09. The second-order valence-electron chi connectivity index (χ2n) is 3.96. The molecule has 2 amide bonds. The molecule has 0 spiro atoms. The Morgan fingerprint density at radius 2 is 1.76 bits per heavy atom. The lowest BCUT2D eigenvalue weighted by Crippen LogP contribution is -2.21. The number of carboxylic acid groups (broad SMARTS) is 1. The van der Waals surface area contributed by atoms with Gasteiger partial charge in [-0.3, -0.25) is 4.98 Å². The SMILES string of the molecule is O=C(Nc1cc(Cl)cc(Cl)c1)Nc1cnccc1C(=O)O. The van der Waals surface area contributed by atoms with Crippen molar-refractivity contribution >= 4 is 46.6 Å². The number of benzene rings is 1. The minimum Gasteiger partial charge on any atom is -0.478 e. The molecule has 2 rings (SSSR count). The number of urea groups is 1. The maximum absolute atomic E-state index is 11.9. The van der Waals surface area contributed by atoms with E-state index in [0.717, 1.165) is 0 Å². The number of anilines is 2. The van der Waals surface area contributed by atoms with Crippen molar-refractivity contribution in [3.8, 4) is 0 Å². The molecule has 0 aliphatic carbocycles. The van der Waals surface area contributed by atoms with Gasteiger partial charge in [0.15, 0.2) is 0 Å². The average Bonchev–Trinajstić information content (AvgIpc) is 2.37. The highest BCUT2D eigenvalue weighted by molar-refractivity contribution is 6.35. The van der Waals surface area contributed by atoms with Crippen molar-refractivity contribution < 1.29 is 14.7 Å². The number of aromatic nitrogens is 1. The van der Waals surface area contributed by atoms with E-state index in [-0.39, 0.29) is 11.3 Å². The molecule has 0 aliphatic heterocycles. The minimum atomic E-state index is -1.17. The molecule has 3 N–H and O–H groups in total. The van der Waals surface area contributed by atoms with E-state index in [4.69, 9.17) is 28.3 Å². The zero-order valence-corrected chi connectivity index (χ0v) is 11.9. The third-order valence-corrected chi connectivity index (χ3v) is 2.86. The van der Waals surface area contributed by atoms with Crippen LogP contribution in [-0.4, -0.2) is 22.1 Å². The van der Waals surface area contributed by atoms with Gasteiger partial charge in [0.1, 0.15) is 0 Å². The number of halogens is 2. The number of carbonyl (C=O) groups is 2. The fourth-order valence-corrected chi connectivity index (χ4v) is 2.12. The van der Waals surface area contributed by atoms with E-state index < -0.39 is 12.0 Å². The summed E-state index contributed by atoms with van der Waals surface area (Å²) in [5, 5.41) is 14.6. The average molecular weight is 326 g/mol. The Morgan fingerprint density at radius 1 is 1.10 bits per heavy atom. The number of hydrogen-bond donors (Lipinski definition) is 3. The zero-order valence-electron chi connectivity index (χ0n) is 10.4. The summed E-state index contributed by atoms with van der Waals surface area (Å²) in [6.07, 6.45) is 2.57. The number of nitrogens with one attached hydrogen (secondary N) is 2. The number of amides is 2. The predicted octanol–water partition coefficient (Wildman–Crippen LogP) is 3.73. The van der Waals surface area contributed by atoms with Gasteiger partial charge in [-0.25, -0.2) is 9.59 Å². The van der Waals surface area contributed by atoms with Gasteiger partial charge in [-0.15, -0.1) is 0 Å². The summed E-state index contributed by atoms with van der Waals surface area (Å²) in [5.41, 5.74) is 0.394. The molecule has 0 bridgehead atoms. The number of aromatic carboxylic acids is 1. The summed E-state index contributed by atoms with van der Waals surface area (Å²) in [4.78, 5) is 26.6. The van der Waals surface area contributed by atoms with Crippen molar-refractivity contribution in [2.24, 2.45) is 0 Å². The molecule has 21 heavy (non-hydrogen) atoms. The molecular weight excluding hydrogens is 317 g/mol. The molecule has 1 aromatic carbocycles. The van der Waals surface area contributed by atoms with Crippen molar-refractivity contribution in [1.82, 2.24) is 4.98 Å². The Bertz CT molecular complexity index is 687. The van der Waals surface area contributed by atoms with Crippen molar-refractivity contribution in [2.75, 3.05) is 10.6 Å². The lowest BCUT2D eigenvalue weighted by molar-refractivity contribution is 0.0698. The maximum atomic E-state index is 11.9. The van der Waals surface area contributed by atoms with Crippen LogP contribution >= 0.6 is 23.2 Å². The molecule has 1 heterocycles. The highest BCUT2D eigenvalue weighted by Gasteiger charge is 2.12.